The van der Waals surface area contributed by atoms with E-state index < -0.39 is 0 Å². The van der Waals surface area contributed by atoms with Gasteiger partial charge < -0.3 is 5.32 Å². The van der Waals surface area contributed by atoms with E-state index in [1.807, 2.05) is 6.07 Å². The summed E-state index contributed by atoms with van der Waals surface area (Å²) in [5.41, 5.74) is 2.58. The lowest BCUT2D eigenvalue weighted by Gasteiger charge is -2.09. The Labute approximate surface area is 87.9 Å². The summed E-state index contributed by atoms with van der Waals surface area (Å²) in [6.45, 7) is 0. The molecule has 1 aliphatic carbocycles. The standard InChI is InChI=1S/C13H11NO/c15-8-14-12-7-10-5-1-3-9-4-2-6-11(12)13(9)10/h1-6,8,12H,7H2,(H,14,15). The fraction of sp³-hybridized carbons (Fsp3) is 0.154. The largest absolute Gasteiger partial charge is 0.352 e. The van der Waals surface area contributed by atoms with Gasteiger partial charge in [-0.2, -0.15) is 0 Å². The molecule has 1 atom stereocenters. The van der Waals surface area contributed by atoms with E-state index >= 15 is 0 Å². The van der Waals surface area contributed by atoms with Crippen LogP contribution in [0.15, 0.2) is 36.4 Å². The van der Waals surface area contributed by atoms with Crippen LogP contribution in [0.25, 0.3) is 10.8 Å². The van der Waals surface area contributed by atoms with E-state index in [9.17, 15) is 4.79 Å². The van der Waals surface area contributed by atoms with Gasteiger partial charge in [0.2, 0.25) is 6.41 Å². The van der Waals surface area contributed by atoms with Crippen molar-refractivity contribution >= 4 is 17.2 Å². The summed E-state index contributed by atoms with van der Waals surface area (Å²) in [6.07, 6.45) is 1.70. The van der Waals surface area contributed by atoms with Crippen LogP contribution in [-0.2, 0) is 11.2 Å². The second-order valence-corrected chi connectivity index (χ2v) is 3.90. The van der Waals surface area contributed by atoms with Gasteiger partial charge in [-0.1, -0.05) is 36.4 Å². The predicted molar refractivity (Wildman–Crippen MR) is 59.6 cm³/mol. The Hall–Kier alpha value is -1.83. The minimum absolute atomic E-state index is 0.156. The van der Waals surface area contributed by atoms with Crippen LogP contribution in [-0.4, -0.2) is 6.41 Å². The third kappa shape index (κ3) is 1.14. The molecule has 0 saturated heterocycles. The molecule has 15 heavy (non-hydrogen) atoms. The predicted octanol–water partition coefficient (Wildman–Crippen LogP) is 2.18. The summed E-state index contributed by atoms with van der Waals surface area (Å²) in [4.78, 5) is 10.5. The van der Waals surface area contributed by atoms with Crippen molar-refractivity contribution in [1.82, 2.24) is 5.32 Å². The average Bonchev–Trinajstić information content (AvgIpc) is 2.61. The molecule has 1 N–H and O–H groups in total. The minimum atomic E-state index is 0.156. The smallest absolute Gasteiger partial charge is 0.207 e. The van der Waals surface area contributed by atoms with Gasteiger partial charge in [0, 0.05) is 0 Å². The van der Waals surface area contributed by atoms with Gasteiger partial charge in [0.25, 0.3) is 0 Å². The van der Waals surface area contributed by atoms with Crippen LogP contribution in [0.4, 0.5) is 0 Å². The molecule has 2 aromatic rings. The molecular weight excluding hydrogens is 186 g/mol. The van der Waals surface area contributed by atoms with Crippen molar-refractivity contribution in [2.45, 2.75) is 12.5 Å². The number of rotatable bonds is 2. The highest BCUT2D eigenvalue weighted by atomic mass is 16.1. The molecule has 0 radical (unpaired) electrons. The van der Waals surface area contributed by atoms with Crippen LogP contribution in [0.5, 0.6) is 0 Å². The highest BCUT2D eigenvalue weighted by molar-refractivity contribution is 5.91. The second-order valence-electron chi connectivity index (χ2n) is 3.90. The lowest BCUT2D eigenvalue weighted by atomic mass is 10.0. The zero-order valence-electron chi connectivity index (χ0n) is 8.23. The van der Waals surface area contributed by atoms with E-state index in [-0.39, 0.29) is 6.04 Å². The van der Waals surface area contributed by atoms with Crippen LogP contribution in [0, 0.1) is 0 Å². The zero-order chi connectivity index (χ0) is 10.3. The number of hydrogen-bond acceptors (Lipinski definition) is 1. The van der Waals surface area contributed by atoms with Gasteiger partial charge >= 0.3 is 0 Å². The van der Waals surface area contributed by atoms with Gasteiger partial charge in [-0.3, -0.25) is 4.79 Å². The van der Waals surface area contributed by atoms with Crippen molar-refractivity contribution in [2.24, 2.45) is 0 Å². The molecule has 0 fully saturated rings. The zero-order valence-corrected chi connectivity index (χ0v) is 8.23. The first kappa shape index (κ1) is 8.48. The quantitative estimate of drug-likeness (QED) is 0.734. The van der Waals surface area contributed by atoms with Crippen molar-refractivity contribution in [3.63, 3.8) is 0 Å². The Bertz CT molecular complexity index is 528. The molecule has 0 aromatic heterocycles. The van der Waals surface area contributed by atoms with Crippen molar-refractivity contribution in [1.29, 1.82) is 0 Å². The first-order chi connectivity index (χ1) is 7.40. The molecule has 1 unspecified atom stereocenters. The van der Waals surface area contributed by atoms with Gasteiger partial charge in [0.05, 0.1) is 6.04 Å². The van der Waals surface area contributed by atoms with Gasteiger partial charge in [0.1, 0.15) is 0 Å². The van der Waals surface area contributed by atoms with Crippen LogP contribution >= 0.6 is 0 Å². The summed E-state index contributed by atoms with van der Waals surface area (Å²) in [6, 6.07) is 12.7. The highest BCUT2D eigenvalue weighted by Gasteiger charge is 2.22. The van der Waals surface area contributed by atoms with Gasteiger partial charge in [-0.15, -0.1) is 0 Å². The maximum atomic E-state index is 10.5. The summed E-state index contributed by atoms with van der Waals surface area (Å²) >= 11 is 0. The lowest BCUT2D eigenvalue weighted by molar-refractivity contribution is -0.110. The fourth-order valence-electron chi connectivity index (χ4n) is 2.47. The molecule has 74 valence electrons. The lowest BCUT2D eigenvalue weighted by Crippen LogP contribution is -2.18. The topological polar surface area (TPSA) is 29.1 Å². The second kappa shape index (κ2) is 3.09. The average molecular weight is 197 g/mol. The Morgan fingerprint density at radius 3 is 2.80 bits per heavy atom. The maximum Gasteiger partial charge on any atom is 0.207 e. The first-order valence-corrected chi connectivity index (χ1v) is 5.10. The third-order valence-corrected chi connectivity index (χ3v) is 3.09. The summed E-state index contributed by atoms with van der Waals surface area (Å²) in [5, 5.41) is 5.45. The van der Waals surface area contributed by atoms with Gasteiger partial charge in [0.15, 0.2) is 0 Å². The molecule has 1 amide bonds. The number of amides is 1. The molecule has 2 nitrogen and oxygen atoms in total. The highest BCUT2D eigenvalue weighted by Crippen LogP contribution is 2.36. The van der Waals surface area contributed by atoms with E-state index in [2.05, 4.69) is 35.6 Å². The van der Waals surface area contributed by atoms with E-state index in [1.165, 1.54) is 21.9 Å². The molecular formula is C13H11NO. The monoisotopic (exact) mass is 197 g/mol. The molecule has 0 spiro atoms. The molecule has 1 aliphatic rings. The summed E-state index contributed by atoms with van der Waals surface area (Å²) in [5.74, 6) is 0. The van der Waals surface area contributed by atoms with E-state index in [0.29, 0.717) is 0 Å². The Morgan fingerprint density at radius 2 is 2.00 bits per heavy atom. The molecule has 0 saturated carbocycles. The van der Waals surface area contributed by atoms with Crippen LogP contribution in [0.3, 0.4) is 0 Å². The van der Waals surface area contributed by atoms with Crippen LogP contribution in [0.1, 0.15) is 17.2 Å². The Morgan fingerprint density at radius 1 is 1.20 bits per heavy atom. The fourth-order valence-corrected chi connectivity index (χ4v) is 2.47. The van der Waals surface area contributed by atoms with E-state index in [4.69, 9.17) is 0 Å². The van der Waals surface area contributed by atoms with Crippen molar-refractivity contribution in [3.05, 3.63) is 47.5 Å². The molecule has 3 rings (SSSR count). The normalized spacial score (nSPS) is 18.0. The Kier molecular flexibility index (Phi) is 1.75. The molecule has 2 heteroatoms. The van der Waals surface area contributed by atoms with Gasteiger partial charge in [-0.05, 0) is 28.3 Å². The molecule has 0 heterocycles. The number of hydrogen-bond donors (Lipinski definition) is 1. The molecule has 2 aromatic carbocycles. The van der Waals surface area contributed by atoms with Crippen LogP contribution in [0.2, 0.25) is 0 Å². The van der Waals surface area contributed by atoms with Crippen molar-refractivity contribution < 1.29 is 4.79 Å². The first-order valence-electron chi connectivity index (χ1n) is 5.10. The molecule has 0 bridgehead atoms. The SMILES string of the molecule is O=CNC1Cc2cccc3cccc1c23. The van der Waals surface area contributed by atoms with E-state index in [0.717, 1.165) is 12.8 Å². The van der Waals surface area contributed by atoms with Crippen molar-refractivity contribution in [2.75, 3.05) is 0 Å². The van der Waals surface area contributed by atoms with Crippen LogP contribution < -0.4 is 5.32 Å². The number of carbonyl (C=O) groups excluding carboxylic acids is 1. The summed E-state index contributed by atoms with van der Waals surface area (Å²) in [7, 11) is 0. The van der Waals surface area contributed by atoms with E-state index in [1.54, 1.807) is 0 Å². The van der Waals surface area contributed by atoms with Gasteiger partial charge in [-0.25, -0.2) is 0 Å². The minimum Gasteiger partial charge on any atom is -0.352 e. The Balaban J connectivity index is 2.26. The molecule has 0 aliphatic heterocycles. The number of benzene rings is 2. The maximum absolute atomic E-state index is 10.5. The third-order valence-electron chi connectivity index (χ3n) is 3.09. The van der Waals surface area contributed by atoms with Crippen molar-refractivity contribution in [3.8, 4) is 0 Å². The number of nitrogens with one attached hydrogen (secondary N) is 1. The summed E-state index contributed by atoms with van der Waals surface area (Å²) < 4.78 is 0. The number of carbonyl (C=O) groups is 1.